The third-order valence-electron chi connectivity index (χ3n) is 5.37. The fourth-order valence-corrected chi connectivity index (χ4v) is 3.83. The Kier molecular flexibility index (Phi) is 6.50. The molecule has 0 radical (unpaired) electrons. The number of ether oxygens (including phenoxy) is 1. The predicted octanol–water partition coefficient (Wildman–Crippen LogP) is 1.51. The molecule has 0 bridgehead atoms. The van der Waals surface area contributed by atoms with E-state index >= 15 is 0 Å². The number of hydrogen-bond acceptors (Lipinski definition) is 4. The van der Waals surface area contributed by atoms with Crippen molar-refractivity contribution in [2.24, 2.45) is 5.92 Å². The van der Waals surface area contributed by atoms with Gasteiger partial charge in [-0.15, -0.1) is 0 Å². The number of piperidine rings is 2. The third kappa shape index (κ3) is 4.75. The lowest BCUT2D eigenvalue weighted by Crippen LogP contribution is -2.52. The first kappa shape index (κ1) is 18.7. The number of para-hydroxylation sites is 1. The van der Waals surface area contributed by atoms with Crippen LogP contribution in [0.3, 0.4) is 0 Å². The number of carbonyl (C=O) groups excluding carboxylic acids is 2. The van der Waals surface area contributed by atoms with Gasteiger partial charge in [-0.1, -0.05) is 18.2 Å². The zero-order chi connectivity index (χ0) is 18.4. The minimum Gasteiger partial charge on any atom is -0.484 e. The van der Waals surface area contributed by atoms with Gasteiger partial charge in [0, 0.05) is 32.2 Å². The quantitative estimate of drug-likeness (QED) is 0.866. The maximum Gasteiger partial charge on any atom is 0.260 e. The third-order valence-corrected chi connectivity index (χ3v) is 5.37. The average Bonchev–Trinajstić information content (AvgIpc) is 2.72. The fourth-order valence-electron chi connectivity index (χ4n) is 3.83. The van der Waals surface area contributed by atoms with Gasteiger partial charge < -0.3 is 19.9 Å². The standard InChI is InChI=1S/C20H29N3O3/c1-21-17-8-6-12-23(14-17)20(25)16-7-5-11-22(13-16)19(24)15-26-18-9-3-2-4-10-18/h2-4,9-10,16-17,21H,5-8,11-15H2,1H3. The molecule has 6 heteroatoms. The molecule has 2 aliphatic heterocycles. The van der Waals surface area contributed by atoms with E-state index in [1.165, 1.54) is 0 Å². The van der Waals surface area contributed by atoms with Crippen LogP contribution in [-0.4, -0.2) is 67.5 Å². The molecule has 142 valence electrons. The van der Waals surface area contributed by atoms with Crippen LogP contribution in [0.4, 0.5) is 0 Å². The summed E-state index contributed by atoms with van der Waals surface area (Å²) in [5.74, 6) is 0.765. The highest BCUT2D eigenvalue weighted by atomic mass is 16.5. The molecule has 2 fully saturated rings. The normalized spacial score (nSPS) is 23.6. The minimum absolute atomic E-state index is 0.0243. The molecule has 1 aromatic rings. The Labute approximate surface area is 155 Å². The SMILES string of the molecule is CNC1CCCN(C(=O)C2CCCN(C(=O)COc3ccccc3)C2)C1. The van der Waals surface area contributed by atoms with Crippen molar-refractivity contribution in [3.05, 3.63) is 30.3 Å². The van der Waals surface area contributed by atoms with Crippen molar-refractivity contribution in [3.63, 3.8) is 0 Å². The van der Waals surface area contributed by atoms with Crippen LogP contribution >= 0.6 is 0 Å². The zero-order valence-corrected chi connectivity index (χ0v) is 15.5. The number of likely N-dealkylation sites (N-methyl/N-ethyl adjacent to an activating group) is 1. The lowest BCUT2D eigenvalue weighted by molar-refractivity contribution is -0.142. The van der Waals surface area contributed by atoms with Gasteiger partial charge in [-0.25, -0.2) is 0 Å². The molecule has 2 amide bonds. The Hall–Kier alpha value is -2.08. The van der Waals surface area contributed by atoms with Gasteiger partial charge in [0.25, 0.3) is 5.91 Å². The van der Waals surface area contributed by atoms with E-state index in [4.69, 9.17) is 4.74 Å². The van der Waals surface area contributed by atoms with E-state index in [1.807, 2.05) is 42.3 Å². The summed E-state index contributed by atoms with van der Waals surface area (Å²) in [5.41, 5.74) is 0. The van der Waals surface area contributed by atoms with E-state index in [0.717, 1.165) is 38.8 Å². The van der Waals surface area contributed by atoms with Crippen LogP contribution in [-0.2, 0) is 9.59 Å². The van der Waals surface area contributed by atoms with Crippen molar-refractivity contribution < 1.29 is 14.3 Å². The summed E-state index contributed by atoms with van der Waals surface area (Å²) >= 11 is 0. The highest BCUT2D eigenvalue weighted by Crippen LogP contribution is 2.21. The number of amides is 2. The Morgan fingerprint density at radius 1 is 1.08 bits per heavy atom. The number of carbonyl (C=O) groups is 2. The highest BCUT2D eigenvalue weighted by Gasteiger charge is 2.33. The molecule has 6 nitrogen and oxygen atoms in total. The highest BCUT2D eigenvalue weighted by molar-refractivity contribution is 5.82. The summed E-state index contributed by atoms with van der Waals surface area (Å²) < 4.78 is 5.57. The van der Waals surface area contributed by atoms with Crippen LogP contribution in [0.2, 0.25) is 0 Å². The van der Waals surface area contributed by atoms with Crippen molar-refractivity contribution in [2.45, 2.75) is 31.7 Å². The summed E-state index contributed by atoms with van der Waals surface area (Å²) in [5, 5.41) is 3.28. The zero-order valence-electron chi connectivity index (χ0n) is 15.5. The molecule has 0 saturated carbocycles. The summed E-state index contributed by atoms with van der Waals surface area (Å²) in [6.45, 7) is 2.85. The van der Waals surface area contributed by atoms with Crippen LogP contribution in [0.5, 0.6) is 5.75 Å². The van der Waals surface area contributed by atoms with Crippen molar-refractivity contribution in [1.82, 2.24) is 15.1 Å². The van der Waals surface area contributed by atoms with E-state index in [1.54, 1.807) is 4.90 Å². The Morgan fingerprint density at radius 2 is 1.81 bits per heavy atom. The van der Waals surface area contributed by atoms with Gasteiger partial charge in [0.1, 0.15) is 5.75 Å². The number of nitrogens with one attached hydrogen (secondary N) is 1. The molecule has 1 aromatic carbocycles. The van der Waals surface area contributed by atoms with Gasteiger partial charge in [-0.3, -0.25) is 9.59 Å². The van der Waals surface area contributed by atoms with Gasteiger partial charge in [0.05, 0.1) is 5.92 Å². The molecule has 2 saturated heterocycles. The lowest BCUT2D eigenvalue weighted by Gasteiger charge is -2.38. The number of nitrogens with zero attached hydrogens (tertiary/aromatic N) is 2. The van der Waals surface area contributed by atoms with E-state index in [0.29, 0.717) is 24.9 Å². The van der Waals surface area contributed by atoms with E-state index < -0.39 is 0 Å². The second-order valence-electron chi connectivity index (χ2n) is 7.19. The van der Waals surface area contributed by atoms with Gasteiger partial charge in [-0.2, -0.15) is 0 Å². The lowest BCUT2D eigenvalue weighted by atomic mass is 9.95. The smallest absolute Gasteiger partial charge is 0.260 e. The monoisotopic (exact) mass is 359 g/mol. The molecule has 1 N–H and O–H groups in total. The van der Waals surface area contributed by atoms with E-state index in [2.05, 4.69) is 5.32 Å². The second kappa shape index (κ2) is 9.03. The largest absolute Gasteiger partial charge is 0.484 e. The molecule has 0 aliphatic carbocycles. The van der Waals surface area contributed by atoms with E-state index in [9.17, 15) is 9.59 Å². The minimum atomic E-state index is -0.0833. The van der Waals surface area contributed by atoms with Gasteiger partial charge in [-0.05, 0) is 44.9 Å². The van der Waals surface area contributed by atoms with Crippen molar-refractivity contribution in [3.8, 4) is 5.75 Å². The van der Waals surface area contributed by atoms with Crippen molar-refractivity contribution >= 4 is 11.8 Å². The molecule has 3 rings (SSSR count). The fraction of sp³-hybridized carbons (Fsp3) is 0.600. The van der Waals surface area contributed by atoms with Crippen LogP contribution in [0, 0.1) is 5.92 Å². The van der Waals surface area contributed by atoms with Crippen LogP contribution in [0.25, 0.3) is 0 Å². The summed E-state index contributed by atoms with van der Waals surface area (Å²) in [6, 6.07) is 9.73. The second-order valence-corrected chi connectivity index (χ2v) is 7.19. The molecule has 0 spiro atoms. The topological polar surface area (TPSA) is 61.9 Å². The number of rotatable bonds is 5. The van der Waals surface area contributed by atoms with Crippen molar-refractivity contribution in [2.75, 3.05) is 39.8 Å². The number of benzene rings is 1. The first-order chi connectivity index (χ1) is 12.7. The first-order valence-electron chi connectivity index (χ1n) is 9.59. The maximum absolute atomic E-state index is 12.9. The predicted molar refractivity (Wildman–Crippen MR) is 99.9 cm³/mol. The maximum atomic E-state index is 12.9. The molecule has 2 aliphatic rings. The Morgan fingerprint density at radius 3 is 2.58 bits per heavy atom. The van der Waals surface area contributed by atoms with Crippen molar-refractivity contribution in [1.29, 1.82) is 0 Å². The Balaban J connectivity index is 1.51. The average molecular weight is 359 g/mol. The van der Waals surface area contributed by atoms with Crippen LogP contribution < -0.4 is 10.1 Å². The molecular formula is C20H29N3O3. The van der Waals surface area contributed by atoms with Gasteiger partial charge in [0.2, 0.25) is 5.91 Å². The summed E-state index contributed by atoms with van der Waals surface area (Å²) in [4.78, 5) is 29.1. The number of likely N-dealkylation sites (tertiary alicyclic amines) is 2. The molecular weight excluding hydrogens is 330 g/mol. The Bertz CT molecular complexity index is 608. The molecule has 2 heterocycles. The van der Waals surface area contributed by atoms with Crippen LogP contribution in [0.15, 0.2) is 30.3 Å². The van der Waals surface area contributed by atoms with Gasteiger partial charge in [0.15, 0.2) is 6.61 Å². The van der Waals surface area contributed by atoms with Gasteiger partial charge >= 0.3 is 0 Å². The molecule has 0 aromatic heterocycles. The van der Waals surface area contributed by atoms with Crippen LogP contribution in [0.1, 0.15) is 25.7 Å². The summed E-state index contributed by atoms with van der Waals surface area (Å²) in [6.07, 6.45) is 3.89. The van der Waals surface area contributed by atoms with E-state index in [-0.39, 0.29) is 24.3 Å². The molecule has 2 unspecified atom stereocenters. The first-order valence-corrected chi connectivity index (χ1v) is 9.59. The summed E-state index contributed by atoms with van der Waals surface area (Å²) in [7, 11) is 1.95. The number of hydrogen-bond donors (Lipinski definition) is 1. The molecule has 26 heavy (non-hydrogen) atoms. The molecule has 2 atom stereocenters.